The van der Waals surface area contributed by atoms with Crippen LogP contribution in [-0.2, 0) is 0 Å². The summed E-state index contributed by atoms with van der Waals surface area (Å²) < 4.78 is 0. The average Bonchev–Trinajstić information content (AvgIpc) is 2.39. The molecular weight excluding hydrogens is 238 g/mol. The number of rotatable bonds is 4. The van der Waals surface area contributed by atoms with E-state index >= 15 is 0 Å². The Kier molecular flexibility index (Phi) is 3.81. The van der Waals surface area contributed by atoms with Crippen molar-refractivity contribution in [3.05, 3.63) is 42.7 Å². The van der Waals surface area contributed by atoms with Crippen LogP contribution in [0.15, 0.2) is 42.7 Å². The van der Waals surface area contributed by atoms with Gasteiger partial charge in [0.25, 0.3) is 0 Å². The van der Waals surface area contributed by atoms with Gasteiger partial charge >= 0.3 is 0 Å². The molecule has 1 aromatic carbocycles. The second kappa shape index (κ2) is 5.36. The maximum absolute atomic E-state index is 9.88. The normalized spacial score (nSPS) is 13.1. The third-order valence-electron chi connectivity index (χ3n) is 3.13. The lowest BCUT2D eigenvalue weighted by atomic mass is 10.0. The molecule has 1 unspecified atom stereocenters. The maximum Gasteiger partial charge on any atom is 0.159 e. The minimum absolute atomic E-state index is 0.0846. The van der Waals surface area contributed by atoms with Gasteiger partial charge in [-0.3, -0.25) is 0 Å². The fourth-order valence-corrected chi connectivity index (χ4v) is 1.57. The molecule has 19 heavy (non-hydrogen) atoms. The van der Waals surface area contributed by atoms with Crippen molar-refractivity contribution >= 4 is 5.69 Å². The first-order chi connectivity index (χ1) is 8.97. The lowest BCUT2D eigenvalue weighted by Gasteiger charge is -2.27. The van der Waals surface area contributed by atoms with E-state index in [9.17, 15) is 5.11 Å². The molecule has 0 spiro atoms. The Morgan fingerprint density at radius 3 is 2.21 bits per heavy atom. The van der Waals surface area contributed by atoms with E-state index in [4.69, 9.17) is 0 Å². The van der Waals surface area contributed by atoms with E-state index in [1.165, 1.54) is 0 Å². The van der Waals surface area contributed by atoms with Crippen LogP contribution in [-0.4, -0.2) is 26.7 Å². The maximum atomic E-state index is 9.88. The SMILES string of the molecule is CC(Nc1cnc(-c2ccccc2)nc1)C(C)(C)O. The zero-order valence-electron chi connectivity index (χ0n) is 11.5. The van der Waals surface area contributed by atoms with Crippen molar-refractivity contribution in [2.24, 2.45) is 0 Å². The Balaban J connectivity index is 2.11. The highest BCUT2D eigenvalue weighted by Gasteiger charge is 2.22. The van der Waals surface area contributed by atoms with Crippen molar-refractivity contribution in [2.45, 2.75) is 32.4 Å². The first-order valence-electron chi connectivity index (χ1n) is 6.33. The highest BCUT2D eigenvalue weighted by atomic mass is 16.3. The van der Waals surface area contributed by atoms with Crippen molar-refractivity contribution < 1.29 is 5.11 Å². The van der Waals surface area contributed by atoms with E-state index in [0.717, 1.165) is 11.3 Å². The molecule has 0 aliphatic rings. The quantitative estimate of drug-likeness (QED) is 0.884. The fraction of sp³-hybridized carbons (Fsp3) is 0.333. The van der Waals surface area contributed by atoms with Crippen molar-refractivity contribution in [1.29, 1.82) is 0 Å². The lowest BCUT2D eigenvalue weighted by molar-refractivity contribution is 0.0649. The lowest BCUT2D eigenvalue weighted by Crippen LogP contribution is -2.39. The molecule has 0 fully saturated rings. The number of anilines is 1. The Morgan fingerprint density at radius 1 is 1.11 bits per heavy atom. The number of nitrogens with zero attached hydrogens (tertiary/aromatic N) is 2. The second-order valence-electron chi connectivity index (χ2n) is 5.18. The zero-order chi connectivity index (χ0) is 13.9. The molecule has 0 amide bonds. The Hall–Kier alpha value is -1.94. The molecule has 0 aliphatic carbocycles. The van der Waals surface area contributed by atoms with Crippen LogP contribution in [0.4, 0.5) is 5.69 Å². The van der Waals surface area contributed by atoms with Gasteiger partial charge in [0.15, 0.2) is 5.82 Å². The van der Waals surface area contributed by atoms with Crippen LogP contribution < -0.4 is 5.32 Å². The summed E-state index contributed by atoms with van der Waals surface area (Å²) in [5.41, 5.74) is 0.997. The first kappa shape index (κ1) is 13.5. The third-order valence-corrected chi connectivity index (χ3v) is 3.13. The number of hydrogen-bond acceptors (Lipinski definition) is 4. The Labute approximate surface area is 113 Å². The van der Waals surface area contributed by atoms with Crippen LogP contribution in [0.2, 0.25) is 0 Å². The molecule has 1 atom stereocenters. The van der Waals surface area contributed by atoms with Gasteiger partial charge in [0.1, 0.15) is 0 Å². The molecule has 2 N–H and O–H groups in total. The minimum Gasteiger partial charge on any atom is -0.388 e. The van der Waals surface area contributed by atoms with Crippen LogP contribution >= 0.6 is 0 Å². The van der Waals surface area contributed by atoms with Gasteiger partial charge in [-0.15, -0.1) is 0 Å². The molecule has 0 saturated carbocycles. The summed E-state index contributed by atoms with van der Waals surface area (Å²) in [6, 6.07) is 9.75. The summed E-state index contributed by atoms with van der Waals surface area (Å²) in [4.78, 5) is 8.66. The summed E-state index contributed by atoms with van der Waals surface area (Å²) in [5, 5.41) is 13.1. The summed E-state index contributed by atoms with van der Waals surface area (Å²) in [7, 11) is 0. The smallest absolute Gasteiger partial charge is 0.159 e. The van der Waals surface area contributed by atoms with E-state index in [0.29, 0.717) is 5.82 Å². The van der Waals surface area contributed by atoms with E-state index < -0.39 is 5.60 Å². The van der Waals surface area contributed by atoms with E-state index in [-0.39, 0.29) is 6.04 Å². The summed E-state index contributed by atoms with van der Waals surface area (Å²) in [5.74, 6) is 0.696. The van der Waals surface area contributed by atoms with Crippen LogP contribution in [0.1, 0.15) is 20.8 Å². The molecule has 0 radical (unpaired) electrons. The molecule has 0 bridgehead atoms. The highest BCUT2D eigenvalue weighted by Crippen LogP contribution is 2.17. The largest absolute Gasteiger partial charge is 0.388 e. The van der Waals surface area contributed by atoms with Gasteiger partial charge < -0.3 is 10.4 Å². The molecule has 100 valence electrons. The molecular formula is C15H19N3O. The van der Waals surface area contributed by atoms with Gasteiger partial charge in [-0.1, -0.05) is 30.3 Å². The standard InChI is InChI=1S/C15H19N3O/c1-11(15(2,3)19)18-13-9-16-14(17-10-13)12-7-5-4-6-8-12/h4-11,18-19H,1-3H3. The van der Waals surface area contributed by atoms with Gasteiger partial charge in [-0.25, -0.2) is 9.97 Å². The van der Waals surface area contributed by atoms with Gasteiger partial charge in [-0.05, 0) is 20.8 Å². The van der Waals surface area contributed by atoms with Gasteiger partial charge in [0.2, 0.25) is 0 Å². The predicted octanol–water partition coefficient (Wildman–Crippen LogP) is 2.71. The predicted molar refractivity (Wildman–Crippen MR) is 76.9 cm³/mol. The van der Waals surface area contributed by atoms with Crippen molar-refractivity contribution in [1.82, 2.24) is 9.97 Å². The molecule has 1 heterocycles. The zero-order valence-corrected chi connectivity index (χ0v) is 11.5. The van der Waals surface area contributed by atoms with E-state index in [2.05, 4.69) is 15.3 Å². The number of nitrogens with one attached hydrogen (secondary N) is 1. The van der Waals surface area contributed by atoms with Crippen molar-refractivity contribution in [3.63, 3.8) is 0 Å². The first-order valence-corrected chi connectivity index (χ1v) is 6.33. The number of benzene rings is 1. The van der Waals surface area contributed by atoms with Gasteiger partial charge in [0.05, 0.1) is 29.7 Å². The van der Waals surface area contributed by atoms with E-state index in [1.54, 1.807) is 26.2 Å². The molecule has 2 rings (SSSR count). The molecule has 0 aliphatic heterocycles. The molecule has 4 heteroatoms. The second-order valence-corrected chi connectivity index (χ2v) is 5.18. The minimum atomic E-state index is -0.794. The van der Waals surface area contributed by atoms with Crippen LogP contribution in [0.25, 0.3) is 11.4 Å². The number of aliphatic hydroxyl groups is 1. The molecule has 4 nitrogen and oxygen atoms in total. The van der Waals surface area contributed by atoms with Crippen molar-refractivity contribution in [3.8, 4) is 11.4 Å². The molecule has 2 aromatic rings. The summed E-state index contributed by atoms with van der Waals surface area (Å²) in [6.45, 7) is 5.46. The number of hydrogen-bond donors (Lipinski definition) is 2. The van der Waals surface area contributed by atoms with Crippen LogP contribution in [0, 0.1) is 0 Å². The van der Waals surface area contributed by atoms with Gasteiger partial charge in [-0.2, -0.15) is 0 Å². The Bertz CT molecular complexity index is 517. The summed E-state index contributed by atoms with van der Waals surface area (Å²) >= 11 is 0. The average molecular weight is 257 g/mol. The monoisotopic (exact) mass is 257 g/mol. The summed E-state index contributed by atoms with van der Waals surface area (Å²) in [6.07, 6.45) is 3.47. The van der Waals surface area contributed by atoms with E-state index in [1.807, 2.05) is 37.3 Å². The van der Waals surface area contributed by atoms with Gasteiger partial charge in [0, 0.05) is 5.56 Å². The number of aromatic nitrogens is 2. The van der Waals surface area contributed by atoms with Crippen molar-refractivity contribution in [2.75, 3.05) is 5.32 Å². The molecule has 1 aromatic heterocycles. The third kappa shape index (κ3) is 3.51. The Morgan fingerprint density at radius 2 is 1.68 bits per heavy atom. The molecule has 0 saturated heterocycles. The topological polar surface area (TPSA) is 58.0 Å². The highest BCUT2D eigenvalue weighted by molar-refractivity contribution is 5.55. The fourth-order valence-electron chi connectivity index (χ4n) is 1.57. The van der Waals surface area contributed by atoms with Crippen LogP contribution in [0.5, 0.6) is 0 Å². The van der Waals surface area contributed by atoms with Crippen LogP contribution in [0.3, 0.4) is 0 Å².